The number of nitrogens with zero attached hydrogens (tertiary/aromatic N) is 1. The molecule has 0 amide bonds. The van der Waals surface area contributed by atoms with Crippen LogP contribution in [0.25, 0.3) is 0 Å². The fourth-order valence-electron chi connectivity index (χ4n) is 3.93. The topological polar surface area (TPSA) is 45.7 Å². The van der Waals surface area contributed by atoms with Crippen LogP contribution in [0.4, 0.5) is 0 Å². The van der Waals surface area contributed by atoms with Crippen LogP contribution in [0.2, 0.25) is 0 Å². The highest BCUT2D eigenvalue weighted by Crippen LogP contribution is 2.34. The molecule has 114 valence electrons. The van der Waals surface area contributed by atoms with Crippen molar-refractivity contribution >= 4 is 5.96 Å². The van der Waals surface area contributed by atoms with Crippen molar-refractivity contribution in [3.05, 3.63) is 0 Å². The molecule has 3 fully saturated rings. The summed E-state index contributed by atoms with van der Waals surface area (Å²) in [7, 11) is 1.87. The summed E-state index contributed by atoms with van der Waals surface area (Å²) >= 11 is 0. The normalized spacial score (nSPS) is 40.9. The van der Waals surface area contributed by atoms with Gasteiger partial charge in [-0.05, 0) is 43.9 Å². The van der Waals surface area contributed by atoms with Crippen LogP contribution in [0, 0.1) is 11.8 Å². The van der Waals surface area contributed by atoms with Crippen LogP contribution in [-0.2, 0) is 4.74 Å². The standard InChI is InChI=1S/C16H29N3O/c1-11-3-5-12(6-4-11)10-18-16(17-2)19-14-9-13-7-8-15(14)20-13/h11-15H,3-10H2,1-2H3,(H2,17,18,19). The summed E-state index contributed by atoms with van der Waals surface area (Å²) in [6.07, 6.45) is 10.0. The molecule has 0 aromatic rings. The molecule has 4 heteroatoms. The van der Waals surface area contributed by atoms with Gasteiger partial charge in [0.05, 0.1) is 18.2 Å². The Labute approximate surface area is 122 Å². The zero-order valence-electron chi connectivity index (χ0n) is 12.9. The molecule has 3 atom stereocenters. The molecule has 4 nitrogen and oxygen atoms in total. The second-order valence-electron chi connectivity index (χ2n) is 6.94. The Morgan fingerprint density at radius 1 is 1.15 bits per heavy atom. The van der Waals surface area contributed by atoms with Crippen LogP contribution >= 0.6 is 0 Å². The smallest absolute Gasteiger partial charge is 0.191 e. The average Bonchev–Trinajstić information content (AvgIpc) is 3.07. The van der Waals surface area contributed by atoms with Crippen LogP contribution < -0.4 is 10.6 Å². The van der Waals surface area contributed by atoms with E-state index < -0.39 is 0 Å². The number of rotatable bonds is 3. The van der Waals surface area contributed by atoms with Gasteiger partial charge in [-0.3, -0.25) is 4.99 Å². The first-order valence-electron chi connectivity index (χ1n) is 8.37. The molecule has 3 aliphatic rings. The molecular weight excluding hydrogens is 250 g/mol. The maximum Gasteiger partial charge on any atom is 0.191 e. The van der Waals surface area contributed by atoms with E-state index in [1.165, 1.54) is 38.5 Å². The lowest BCUT2D eigenvalue weighted by molar-refractivity contribution is 0.0992. The number of guanidine groups is 1. The minimum atomic E-state index is 0.411. The summed E-state index contributed by atoms with van der Waals surface area (Å²) < 4.78 is 5.89. The van der Waals surface area contributed by atoms with E-state index in [-0.39, 0.29) is 0 Å². The van der Waals surface area contributed by atoms with Crippen molar-refractivity contribution in [3.8, 4) is 0 Å². The van der Waals surface area contributed by atoms with Gasteiger partial charge in [0.2, 0.25) is 0 Å². The first-order valence-corrected chi connectivity index (χ1v) is 8.37. The van der Waals surface area contributed by atoms with E-state index in [0.29, 0.717) is 18.2 Å². The quantitative estimate of drug-likeness (QED) is 0.615. The summed E-state index contributed by atoms with van der Waals surface area (Å²) in [4.78, 5) is 4.37. The summed E-state index contributed by atoms with van der Waals surface area (Å²) in [5.74, 6) is 2.71. The maximum atomic E-state index is 5.89. The van der Waals surface area contributed by atoms with Crippen molar-refractivity contribution in [1.29, 1.82) is 0 Å². The molecule has 1 aliphatic carbocycles. The second kappa shape index (κ2) is 6.33. The molecule has 3 rings (SSSR count). The van der Waals surface area contributed by atoms with E-state index >= 15 is 0 Å². The van der Waals surface area contributed by atoms with Gasteiger partial charge in [-0.15, -0.1) is 0 Å². The third kappa shape index (κ3) is 3.27. The predicted octanol–water partition coefficient (Wildman–Crippen LogP) is 2.30. The summed E-state index contributed by atoms with van der Waals surface area (Å²) in [5.41, 5.74) is 0. The summed E-state index contributed by atoms with van der Waals surface area (Å²) in [5, 5.41) is 7.08. The molecule has 2 aliphatic heterocycles. The first kappa shape index (κ1) is 14.2. The molecule has 2 saturated heterocycles. The lowest BCUT2D eigenvalue weighted by Gasteiger charge is -2.28. The van der Waals surface area contributed by atoms with Gasteiger partial charge >= 0.3 is 0 Å². The van der Waals surface area contributed by atoms with E-state index in [4.69, 9.17) is 4.74 Å². The Balaban J connectivity index is 1.41. The Kier molecular flexibility index (Phi) is 4.49. The Bertz CT molecular complexity index is 350. The zero-order valence-corrected chi connectivity index (χ0v) is 12.9. The number of ether oxygens (including phenoxy) is 1. The molecule has 0 spiro atoms. The Morgan fingerprint density at radius 3 is 2.55 bits per heavy atom. The van der Waals surface area contributed by atoms with E-state index in [2.05, 4.69) is 22.5 Å². The zero-order chi connectivity index (χ0) is 13.9. The number of hydrogen-bond donors (Lipinski definition) is 2. The lowest BCUT2D eigenvalue weighted by atomic mass is 9.83. The Hall–Kier alpha value is -0.770. The molecule has 2 bridgehead atoms. The molecule has 2 N–H and O–H groups in total. The van der Waals surface area contributed by atoms with Crippen molar-refractivity contribution in [2.45, 2.75) is 70.1 Å². The van der Waals surface area contributed by atoms with Crippen molar-refractivity contribution in [2.24, 2.45) is 16.8 Å². The van der Waals surface area contributed by atoms with Gasteiger partial charge in [0.15, 0.2) is 5.96 Å². The van der Waals surface area contributed by atoms with Crippen molar-refractivity contribution < 1.29 is 4.74 Å². The molecule has 0 radical (unpaired) electrons. The third-order valence-electron chi connectivity index (χ3n) is 5.35. The summed E-state index contributed by atoms with van der Waals surface area (Å²) in [6, 6.07) is 0.464. The molecule has 0 aromatic carbocycles. The SMILES string of the molecule is CN=C(NCC1CCC(C)CC1)NC1CC2CCC1O2. The number of nitrogens with one attached hydrogen (secondary N) is 2. The maximum absolute atomic E-state index is 5.89. The highest BCUT2D eigenvalue weighted by atomic mass is 16.5. The molecule has 2 heterocycles. The minimum Gasteiger partial charge on any atom is -0.373 e. The van der Waals surface area contributed by atoms with Crippen LogP contribution in [0.15, 0.2) is 4.99 Å². The molecule has 0 aromatic heterocycles. The fourth-order valence-corrected chi connectivity index (χ4v) is 3.93. The van der Waals surface area contributed by atoms with E-state index in [1.54, 1.807) is 0 Å². The van der Waals surface area contributed by atoms with Gasteiger partial charge in [0.25, 0.3) is 0 Å². The monoisotopic (exact) mass is 279 g/mol. The van der Waals surface area contributed by atoms with Gasteiger partial charge < -0.3 is 15.4 Å². The lowest BCUT2D eigenvalue weighted by Crippen LogP contribution is -2.48. The van der Waals surface area contributed by atoms with Crippen LogP contribution in [0.1, 0.15) is 51.9 Å². The first-order chi connectivity index (χ1) is 9.74. The molecule has 3 unspecified atom stereocenters. The van der Waals surface area contributed by atoms with E-state index in [0.717, 1.165) is 30.8 Å². The van der Waals surface area contributed by atoms with Gasteiger partial charge in [-0.25, -0.2) is 0 Å². The van der Waals surface area contributed by atoms with Crippen LogP contribution in [0.3, 0.4) is 0 Å². The molecule has 20 heavy (non-hydrogen) atoms. The van der Waals surface area contributed by atoms with Gasteiger partial charge in [-0.2, -0.15) is 0 Å². The second-order valence-corrected chi connectivity index (χ2v) is 6.94. The number of hydrogen-bond acceptors (Lipinski definition) is 2. The van der Waals surface area contributed by atoms with Crippen molar-refractivity contribution in [1.82, 2.24) is 10.6 Å². The highest BCUT2D eigenvalue weighted by Gasteiger charge is 2.41. The highest BCUT2D eigenvalue weighted by molar-refractivity contribution is 5.80. The van der Waals surface area contributed by atoms with Gasteiger partial charge in [0, 0.05) is 13.6 Å². The minimum absolute atomic E-state index is 0.411. The summed E-state index contributed by atoms with van der Waals surface area (Å²) in [6.45, 7) is 3.44. The van der Waals surface area contributed by atoms with Gasteiger partial charge in [0.1, 0.15) is 0 Å². The largest absolute Gasteiger partial charge is 0.373 e. The van der Waals surface area contributed by atoms with Crippen LogP contribution in [0.5, 0.6) is 0 Å². The average molecular weight is 279 g/mol. The van der Waals surface area contributed by atoms with E-state index in [9.17, 15) is 0 Å². The van der Waals surface area contributed by atoms with Gasteiger partial charge in [-0.1, -0.05) is 19.8 Å². The van der Waals surface area contributed by atoms with Crippen LogP contribution in [-0.4, -0.2) is 37.8 Å². The van der Waals surface area contributed by atoms with Crippen molar-refractivity contribution in [2.75, 3.05) is 13.6 Å². The van der Waals surface area contributed by atoms with E-state index in [1.807, 2.05) is 7.05 Å². The number of aliphatic imine (C=N–C) groups is 1. The van der Waals surface area contributed by atoms with Crippen molar-refractivity contribution in [3.63, 3.8) is 0 Å². The molecular formula is C16H29N3O. The Morgan fingerprint density at radius 2 is 1.95 bits per heavy atom. The fraction of sp³-hybridized carbons (Fsp3) is 0.938. The number of fused-ring (bicyclic) bond motifs is 2. The predicted molar refractivity (Wildman–Crippen MR) is 81.9 cm³/mol. The third-order valence-corrected chi connectivity index (χ3v) is 5.35. The molecule has 1 saturated carbocycles.